The molecule has 3 rings (SSSR count). The standard InChI is InChI=1S/C13H12FN7/c14-8-4-9-12(10(16)5-15)20-21(13(9)19-6-8)7-11-17-2-1-3-18-11/h1-4,6,16H,5,7,15H2. The zero-order chi connectivity index (χ0) is 14.8. The summed E-state index contributed by atoms with van der Waals surface area (Å²) in [6.07, 6.45) is 4.37. The third kappa shape index (κ3) is 2.48. The summed E-state index contributed by atoms with van der Waals surface area (Å²) >= 11 is 0. The number of hydrogen-bond acceptors (Lipinski definition) is 6. The van der Waals surface area contributed by atoms with Crippen LogP contribution < -0.4 is 5.73 Å². The summed E-state index contributed by atoms with van der Waals surface area (Å²) in [5.74, 6) is 0.0722. The predicted molar refractivity (Wildman–Crippen MR) is 74.5 cm³/mol. The van der Waals surface area contributed by atoms with Crippen LogP contribution in [0.5, 0.6) is 0 Å². The van der Waals surface area contributed by atoms with Crippen LogP contribution in [0.1, 0.15) is 11.5 Å². The maximum Gasteiger partial charge on any atom is 0.159 e. The lowest BCUT2D eigenvalue weighted by Gasteiger charge is -2.00. The van der Waals surface area contributed by atoms with Gasteiger partial charge in [0.2, 0.25) is 0 Å². The number of hydrogen-bond donors (Lipinski definition) is 2. The van der Waals surface area contributed by atoms with E-state index < -0.39 is 5.82 Å². The number of halogens is 1. The molecule has 3 aromatic heterocycles. The maximum atomic E-state index is 13.4. The lowest BCUT2D eigenvalue weighted by molar-refractivity contribution is 0.622. The van der Waals surface area contributed by atoms with Gasteiger partial charge < -0.3 is 11.1 Å². The largest absolute Gasteiger partial charge is 0.325 e. The minimum Gasteiger partial charge on any atom is -0.325 e. The van der Waals surface area contributed by atoms with Crippen molar-refractivity contribution in [2.45, 2.75) is 6.54 Å². The summed E-state index contributed by atoms with van der Waals surface area (Å²) in [5.41, 5.74) is 6.41. The van der Waals surface area contributed by atoms with Crippen LogP contribution in [0.15, 0.2) is 30.7 Å². The molecule has 0 unspecified atom stereocenters. The Bertz CT molecular complexity index is 797. The van der Waals surface area contributed by atoms with Crippen molar-refractivity contribution in [2.75, 3.05) is 6.54 Å². The Kier molecular flexibility index (Phi) is 3.36. The first kappa shape index (κ1) is 13.3. The fraction of sp³-hybridized carbons (Fsp3) is 0.154. The molecule has 0 atom stereocenters. The third-order valence-corrected chi connectivity index (χ3v) is 2.95. The number of pyridine rings is 1. The van der Waals surface area contributed by atoms with E-state index in [1.165, 1.54) is 6.07 Å². The average molecular weight is 285 g/mol. The highest BCUT2D eigenvalue weighted by Crippen LogP contribution is 2.18. The predicted octanol–water partition coefficient (Wildman–Crippen LogP) is 0.735. The van der Waals surface area contributed by atoms with E-state index >= 15 is 0 Å². The Labute approximate surface area is 119 Å². The Morgan fingerprint density at radius 2 is 2.05 bits per heavy atom. The van der Waals surface area contributed by atoms with Gasteiger partial charge in [-0.25, -0.2) is 24.0 Å². The quantitative estimate of drug-likeness (QED) is 0.687. The fourth-order valence-corrected chi connectivity index (χ4v) is 2.01. The van der Waals surface area contributed by atoms with Crippen LogP contribution in [0.3, 0.4) is 0 Å². The van der Waals surface area contributed by atoms with Crippen molar-refractivity contribution in [1.29, 1.82) is 5.41 Å². The van der Waals surface area contributed by atoms with Crippen molar-refractivity contribution in [1.82, 2.24) is 24.7 Å². The van der Waals surface area contributed by atoms with Crippen molar-refractivity contribution in [2.24, 2.45) is 5.73 Å². The van der Waals surface area contributed by atoms with E-state index in [1.54, 1.807) is 23.1 Å². The van der Waals surface area contributed by atoms with Gasteiger partial charge in [-0.05, 0) is 12.1 Å². The number of aromatic nitrogens is 5. The highest BCUT2D eigenvalue weighted by Gasteiger charge is 2.16. The SMILES string of the molecule is N=C(CN)c1nn(Cc2ncccn2)c2ncc(F)cc12. The minimum atomic E-state index is -0.482. The zero-order valence-electron chi connectivity index (χ0n) is 11.0. The molecule has 0 radical (unpaired) electrons. The summed E-state index contributed by atoms with van der Waals surface area (Å²) in [7, 11) is 0. The zero-order valence-corrected chi connectivity index (χ0v) is 11.0. The number of nitrogens with two attached hydrogens (primary N) is 1. The Morgan fingerprint density at radius 1 is 1.29 bits per heavy atom. The summed E-state index contributed by atoms with van der Waals surface area (Å²) in [6, 6.07) is 3.02. The first-order valence-corrected chi connectivity index (χ1v) is 6.25. The number of nitrogens with zero attached hydrogens (tertiary/aromatic N) is 5. The van der Waals surface area contributed by atoms with Crippen LogP contribution in [-0.4, -0.2) is 37.0 Å². The van der Waals surface area contributed by atoms with Crippen LogP contribution in [0.2, 0.25) is 0 Å². The molecule has 3 heterocycles. The van der Waals surface area contributed by atoms with E-state index in [0.717, 1.165) is 6.20 Å². The second kappa shape index (κ2) is 5.33. The normalized spacial score (nSPS) is 11.0. The van der Waals surface area contributed by atoms with Gasteiger partial charge in [0.15, 0.2) is 5.65 Å². The van der Waals surface area contributed by atoms with Gasteiger partial charge in [-0.15, -0.1) is 0 Å². The highest BCUT2D eigenvalue weighted by molar-refractivity contribution is 6.07. The molecule has 0 spiro atoms. The molecule has 7 nitrogen and oxygen atoms in total. The van der Waals surface area contributed by atoms with Crippen molar-refractivity contribution < 1.29 is 4.39 Å². The molecule has 3 N–H and O–H groups in total. The van der Waals surface area contributed by atoms with Crippen molar-refractivity contribution in [3.63, 3.8) is 0 Å². The first-order valence-electron chi connectivity index (χ1n) is 6.25. The van der Waals surface area contributed by atoms with E-state index in [9.17, 15) is 4.39 Å². The summed E-state index contributed by atoms with van der Waals surface area (Å²) < 4.78 is 14.9. The highest BCUT2D eigenvalue weighted by atomic mass is 19.1. The van der Waals surface area contributed by atoms with Crippen molar-refractivity contribution >= 4 is 16.7 Å². The molecule has 21 heavy (non-hydrogen) atoms. The van der Waals surface area contributed by atoms with Crippen LogP contribution in [0.4, 0.5) is 4.39 Å². The van der Waals surface area contributed by atoms with Gasteiger partial charge in [-0.1, -0.05) is 0 Å². The number of fused-ring (bicyclic) bond motifs is 1. The first-order chi connectivity index (χ1) is 10.2. The van der Waals surface area contributed by atoms with Gasteiger partial charge in [0.05, 0.1) is 17.3 Å². The lowest BCUT2D eigenvalue weighted by Crippen LogP contribution is -2.15. The van der Waals surface area contributed by atoms with E-state index in [4.69, 9.17) is 11.1 Å². The summed E-state index contributed by atoms with van der Waals surface area (Å²) in [4.78, 5) is 12.3. The van der Waals surface area contributed by atoms with Gasteiger partial charge in [0, 0.05) is 18.9 Å². The van der Waals surface area contributed by atoms with E-state index in [0.29, 0.717) is 22.6 Å². The molecule has 0 fully saturated rings. The molecule has 0 amide bonds. The molecule has 0 aliphatic heterocycles. The van der Waals surface area contributed by atoms with Gasteiger partial charge in [0.1, 0.15) is 23.9 Å². The average Bonchev–Trinajstić information content (AvgIpc) is 2.85. The van der Waals surface area contributed by atoms with Crippen LogP contribution in [0, 0.1) is 11.2 Å². The molecule has 0 saturated heterocycles. The van der Waals surface area contributed by atoms with Gasteiger partial charge in [0.25, 0.3) is 0 Å². The number of nitrogens with one attached hydrogen (secondary N) is 1. The maximum absolute atomic E-state index is 13.4. The molecule has 0 aliphatic carbocycles. The summed E-state index contributed by atoms with van der Waals surface area (Å²) in [6.45, 7) is 0.304. The molecule has 3 aromatic rings. The Morgan fingerprint density at radius 3 is 2.76 bits per heavy atom. The second-order valence-electron chi connectivity index (χ2n) is 4.38. The Hall–Kier alpha value is -2.74. The van der Waals surface area contributed by atoms with Gasteiger partial charge in [-0.2, -0.15) is 5.10 Å². The fourth-order valence-electron chi connectivity index (χ4n) is 2.01. The lowest BCUT2D eigenvalue weighted by atomic mass is 10.2. The molecule has 106 valence electrons. The second-order valence-corrected chi connectivity index (χ2v) is 4.38. The monoisotopic (exact) mass is 285 g/mol. The molecule has 0 bridgehead atoms. The molecule has 0 aliphatic rings. The molecular weight excluding hydrogens is 273 g/mol. The topological polar surface area (TPSA) is 106 Å². The summed E-state index contributed by atoms with van der Waals surface area (Å²) in [5, 5.41) is 12.6. The van der Waals surface area contributed by atoms with Gasteiger partial charge >= 0.3 is 0 Å². The van der Waals surface area contributed by atoms with Gasteiger partial charge in [-0.3, -0.25) is 0 Å². The molecular formula is C13H12FN7. The molecule has 0 saturated carbocycles. The molecule has 8 heteroatoms. The van der Waals surface area contributed by atoms with Crippen LogP contribution in [-0.2, 0) is 6.54 Å². The van der Waals surface area contributed by atoms with E-state index in [1.807, 2.05) is 0 Å². The Balaban J connectivity index is 2.12. The van der Waals surface area contributed by atoms with Crippen molar-refractivity contribution in [3.8, 4) is 0 Å². The van der Waals surface area contributed by atoms with Crippen molar-refractivity contribution in [3.05, 3.63) is 48.1 Å². The third-order valence-electron chi connectivity index (χ3n) is 2.95. The van der Waals surface area contributed by atoms with Crippen LogP contribution >= 0.6 is 0 Å². The minimum absolute atomic E-state index is 0.0183. The van der Waals surface area contributed by atoms with E-state index in [-0.39, 0.29) is 18.8 Å². The van der Waals surface area contributed by atoms with Crippen LogP contribution in [0.25, 0.3) is 11.0 Å². The molecule has 0 aromatic carbocycles. The smallest absolute Gasteiger partial charge is 0.159 e. The van der Waals surface area contributed by atoms with E-state index in [2.05, 4.69) is 20.1 Å². The number of rotatable bonds is 4.